The van der Waals surface area contributed by atoms with E-state index >= 15 is 0 Å². The maximum Gasteiger partial charge on any atom is 0.313 e. The first-order valence-electron chi connectivity index (χ1n) is 5.51. The number of thioether (sulfide) groups is 1. The quantitative estimate of drug-likeness (QED) is 0.869. The van der Waals surface area contributed by atoms with Gasteiger partial charge in [0.2, 0.25) is 5.91 Å². The highest BCUT2D eigenvalue weighted by Crippen LogP contribution is 2.19. The van der Waals surface area contributed by atoms with E-state index in [0.717, 1.165) is 17.3 Å². The Kier molecular flexibility index (Phi) is 4.06. The minimum atomic E-state index is -0.934. The van der Waals surface area contributed by atoms with Crippen molar-refractivity contribution in [2.45, 2.75) is 6.92 Å². The molecule has 2 N–H and O–H groups in total. The smallest absolute Gasteiger partial charge is 0.313 e. The van der Waals surface area contributed by atoms with Crippen LogP contribution in [-0.2, 0) is 9.59 Å². The lowest BCUT2D eigenvalue weighted by Crippen LogP contribution is -2.15. The molecule has 0 aliphatic carbocycles. The number of hydrogen-bond donors (Lipinski definition) is 2. The molecule has 0 saturated heterocycles. The van der Waals surface area contributed by atoms with E-state index in [0.29, 0.717) is 17.2 Å². The molecule has 2 aromatic rings. The summed E-state index contributed by atoms with van der Waals surface area (Å²) >= 11 is 1.05. The van der Waals surface area contributed by atoms with Crippen LogP contribution in [0.25, 0.3) is 11.1 Å². The summed E-state index contributed by atoms with van der Waals surface area (Å²) in [7, 11) is 0. The van der Waals surface area contributed by atoms with Gasteiger partial charge in [0, 0.05) is 18.7 Å². The van der Waals surface area contributed by atoms with Gasteiger partial charge in [-0.3, -0.25) is 9.59 Å². The number of fused-ring (bicyclic) bond motifs is 1. The molecule has 100 valence electrons. The third kappa shape index (κ3) is 3.72. The van der Waals surface area contributed by atoms with Crippen molar-refractivity contribution >= 4 is 40.4 Å². The standard InChI is InChI=1S/C12H12N2O4S/c1-7-13-9-3-2-8(4-10(9)18-7)14-11(15)5-19-6-12(16)17/h2-4H,5-6H2,1H3,(H,14,15)(H,16,17). The Morgan fingerprint density at radius 3 is 2.95 bits per heavy atom. The number of hydrogen-bond acceptors (Lipinski definition) is 5. The second-order valence-electron chi connectivity index (χ2n) is 3.85. The third-order valence-corrected chi connectivity index (χ3v) is 3.16. The summed E-state index contributed by atoms with van der Waals surface area (Å²) in [6, 6.07) is 5.17. The van der Waals surface area contributed by atoms with Crippen LogP contribution in [0.5, 0.6) is 0 Å². The summed E-state index contributed by atoms with van der Waals surface area (Å²) in [6.45, 7) is 1.75. The Hall–Kier alpha value is -2.02. The van der Waals surface area contributed by atoms with Crippen molar-refractivity contribution in [2.75, 3.05) is 16.8 Å². The highest BCUT2D eigenvalue weighted by atomic mass is 32.2. The second-order valence-corrected chi connectivity index (χ2v) is 4.84. The van der Waals surface area contributed by atoms with Gasteiger partial charge in [0.15, 0.2) is 11.5 Å². The van der Waals surface area contributed by atoms with E-state index in [2.05, 4.69) is 10.3 Å². The van der Waals surface area contributed by atoms with Crippen LogP contribution in [0.15, 0.2) is 22.6 Å². The number of oxazole rings is 1. The molecule has 1 aromatic heterocycles. The Morgan fingerprint density at radius 1 is 1.42 bits per heavy atom. The molecule has 0 radical (unpaired) electrons. The molecule has 0 atom stereocenters. The first-order valence-corrected chi connectivity index (χ1v) is 6.66. The summed E-state index contributed by atoms with van der Waals surface area (Å²) in [4.78, 5) is 26.0. The molecule has 19 heavy (non-hydrogen) atoms. The molecule has 0 bridgehead atoms. The maximum absolute atomic E-state index is 11.6. The van der Waals surface area contributed by atoms with E-state index in [1.165, 1.54) is 0 Å². The average Bonchev–Trinajstić information content (AvgIpc) is 2.67. The number of nitrogens with zero attached hydrogens (tertiary/aromatic N) is 1. The molecule has 1 aromatic carbocycles. The summed E-state index contributed by atoms with van der Waals surface area (Å²) in [5.74, 6) is -0.609. The number of anilines is 1. The van der Waals surface area contributed by atoms with Crippen LogP contribution in [0, 0.1) is 6.92 Å². The molecular weight excluding hydrogens is 268 g/mol. The number of aliphatic carboxylic acids is 1. The minimum absolute atomic E-state index is 0.0895. The molecule has 1 heterocycles. The lowest BCUT2D eigenvalue weighted by Gasteiger charge is -2.03. The van der Waals surface area contributed by atoms with Crippen LogP contribution in [0.2, 0.25) is 0 Å². The van der Waals surface area contributed by atoms with E-state index in [4.69, 9.17) is 9.52 Å². The van der Waals surface area contributed by atoms with Crippen LogP contribution < -0.4 is 5.32 Å². The summed E-state index contributed by atoms with van der Waals surface area (Å²) < 4.78 is 5.36. The van der Waals surface area contributed by atoms with Crippen LogP contribution in [-0.4, -0.2) is 33.5 Å². The SMILES string of the molecule is Cc1nc2ccc(NC(=O)CSCC(=O)O)cc2o1. The molecule has 1 amide bonds. The number of carbonyl (C=O) groups excluding carboxylic acids is 1. The molecule has 0 saturated carbocycles. The molecule has 7 heteroatoms. The van der Waals surface area contributed by atoms with Gasteiger partial charge >= 0.3 is 5.97 Å². The Morgan fingerprint density at radius 2 is 2.21 bits per heavy atom. The molecule has 2 rings (SSSR count). The number of carboxylic acids is 1. The summed E-state index contributed by atoms with van der Waals surface area (Å²) in [5, 5.41) is 11.1. The van der Waals surface area contributed by atoms with Crippen molar-refractivity contribution in [1.82, 2.24) is 4.98 Å². The predicted molar refractivity (Wildman–Crippen MR) is 72.3 cm³/mol. The normalized spacial score (nSPS) is 10.6. The van der Waals surface area contributed by atoms with Gasteiger partial charge in [-0.2, -0.15) is 0 Å². The average molecular weight is 280 g/mol. The zero-order valence-corrected chi connectivity index (χ0v) is 11.0. The summed E-state index contributed by atoms with van der Waals surface area (Å²) in [6.07, 6.45) is 0. The molecule has 0 spiro atoms. The van der Waals surface area contributed by atoms with Gasteiger partial charge in [-0.25, -0.2) is 4.98 Å². The first kappa shape index (κ1) is 13.4. The molecule has 0 fully saturated rings. The minimum Gasteiger partial charge on any atom is -0.481 e. The second kappa shape index (κ2) is 5.75. The van der Waals surface area contributed by atoms with E-state index < -0.39 is 5.97 Å². The predicted octanol–water partition coefficient (Wildman–Crippen LogP) is 1.89. The number of carboxylic acid groups (broad SMARTS) is 1. The maximum atomic E-state index is 11.6. The van der Waals surface area contributed by atoms with Gasteiger partial charge in [0.05, 0.1) is 11.5 Å². The van der Waals surface area contributed by atoms with Gasteiger partial charge < -0.3 is 14.8 Å². The van der Waals surface area contributed by atoms with E-state index in [1.54, 1.807) is 25.1 Å². The summed E-state index contributed by atoms with van der Waals surface area (Å²) in [5.41, 5.74) is 1.94. The monoisotopic (exact) mass is 280 g/mol. The number of aromatic nitrogens is 1. The van der Waals surface area contributed by atoms with Crippen molar-refractivity contribution in [1.29, 1.82) is 0 Å². The van der Waals surface area contributed by atoms with Gasteiger partial charge in [0.25, 0.3) is 0 Å². The van der Waals surface area contributed by atoms with Crippen molar-refractivity contribution in [2.24, 2.45) is 0 Å². The van der Waals surface area contributed by atoms with E-state index in [1.807, 2.05) is 0 Å². The van der Waals surface area contributed by atoms with E-state index in [-0.39, 0.29) is 17.4 Å². The number of carbonyl (C=O) groups is 2. The zero-order valence-electron chi connectivity index (χ0n) is 10.2. The van der Waals surface area contributed by atoms with Crippen molar-refractivity contribution in [3.05, 3.63) is 24.1 Å². The van der Waals surface area contributed by atoms with Gasteiger partial charge in [-0.15, -0.1) is 11.8 Å². The molecule has 6 nitrogen and oxygen atoms in total. The lowest BCUT2D eigenvalue weighted by atomic mass is 10.3. The lowest BCUT2D eigenvalue weighted by molar-refractivity contribution is -0.133. The van der Waals surface area contributed by atoms with Gasteiger partial charge in [-0.1, -0.05) is 0 Å². The molecular formula is C12H12N2O4S. The fourth-order valence-corrected chi connectivity index (χ4v) is 2.08. The van der Waals surface area contributed by atoms with Crippen LogP contribution >= 0.6 is 11.8 Å². The number of rotatable bonds is 5. The van der Waals surface area contributed by atoms with Crippen molar-refractivity contribution < 1.29 is 19.1 Å². The fourth-order valence-electron chi connectivity index (χ4n) is 1.55. The highest BCUT2D eigenvalue weighted by molar-refractivity contribution is 8.00. The van der Waals surface area contributed by atoms with Crippen LogP contribution in [0.4, 0.5) is 5.69 Å². The molecule has 0 aliphatic heterocycles. The van der Waals surface area contributed by atoms with Gasteiger partial charge in [0.1, 0.15) is 5.52 Å². The first-order chi connectivity index (χ1) is 9.04. The number of benzene rings is 1. The fraction of sp³-hybridized carbons (Fsp3) is 0.250. The number of aryl methyl sites for hydroxylation is 1. The topological polar surface area (TPSA) is 92.4 Å². The Labute approximate surface area is 113 Å². The van der Waals surface area contributed by atoms with Crippen LogP contribution in [0.1, 0.15) is 5.89 Å². The molecule has 0 aliphatic rings. The number of amides is 1. The van der Waals surface area contributed by atoms with Crippen LogP contribution in [0.3, 0.4) is 0 Å². The van der Waals surface area contributed by atoms with Gasteiger partial charge in [-0.05, 0) is 12.1 Å². The van der Waals surface area contributed by atoms with E-state index in [9.17, 15) is 9.59 Å². The third-order valence-electron chi connectivity index (χ3n) is 2.24. The van der Waals surface area contributed by atoms with Crippen molar-refractivity contribution in [3.8, 4) is 0 Å². The highest BCUT2D eigenvalue weighted by Gasteiger charge is 2.07. The largest absolute Gasteiger partial charge is 0.481 e. The Balaban J connectivity index is 1.96. The zero-order chi connectivity index (χ0) is 13.8. The Bertz CT molecular complexity index is 623. The number of nitrogens with one attached hydrogen (secondary N) is 1. The van der Waals surface area contributed by atoms with Crippen molar-refractivity contribution in [3.63, 3.8) is 0 Å². The molecule has 0 unspecified atom stereocenters.